The Hall–Kier alpha value is -2.54. The molecular weight excluding hydrogens is 424 g/mol. The van der Waals surface area contributed by atoms with Crippen LogP contribution in [0.5, 0.6) is 11.5 Å². The summed E-state index contributed by atoms with van der Waals surface area (Å²) in [6, 6.07) is 9.58. The third-order valence-corrected chi connectivity index (χ3v) is 7.02. The van der Waals surface area contributed by atoms with E-state index in [1.54, 1.807) is 0 Å². The lowest BCUT2D eigenvalue weighted by Gasteiger charge is -2.47. The van der Waals surface area contributed by atoms with Crippen molar-refractivity contribution in [2.75, 3.05) is 19.1 Å². The fourth-order valence-corrected chi connectivity index (χ4v) is 5.03. The lowest BCUT2D eigenvalue weighted by atomic mass is 9.72. The van der Waals surface area contributed by atoms with Crippen LogP contribution in [0.4, 0.5) is 11.4 Å². The predicted octanol–water partition coefficient (Wildman–Crippen LogP) is 5.29. The predicted molar refractivity (Wildman–Crippen MR) is 112 cm³/mol. The van der Waals surface area contributed by atoms with Crippen LogP contribution in [0, 0.1) is 10.1 Å². The number of nitrogens with zero attached hydrogens (tertiary/aromatic N) is 2. The molecular formula is C21H21BrN2O4. The van der Waals surface area contributed by atoms with E-state index in [4.69, 9.17) is 9.47 Å². The molecule has 146 valence electrons. The molecule has 0 fully saturated rings. The number of ether oxygens (including phenoxy) is 2. The van der Waals surface area contributed by atoms with Crippen LogP contribution >= 0.6 is 15.9 Å². The minimum Gasteiger partial charge on any atom is -0.495 e. The van der Waals surface area contributed by atoms with Gasteiger partial charge in [-0.3, -0.25) is 10.1 Å². The molecule has 1 spiro atoms. The van der Waals surface area contributed by atoms with E-state index >= 15 is 0 Å². The number of rotatable bonds is 3. The first-order valence-corrected chi connectivity index (χ1v) is 9.86. The second kappa shape index (κ2) is 6.24. The highest BCUT2D eigenvalue weighted by Gasteiger charge is 2.60. The van der Waals surface area contributed by atoms with E-state index in [1.165, 1.54) is 18.7 Å². The topological polar surface area (TPSA) is 64.8 Å². The summed E-state index contributed by atoms with van der Waals surface area (Å²) in [6.45, 7) is 4.26. The highest BCUT2D eigenvalue weighted by atomic mass is 79.9. The number of methoxy groups -OCH3 is 1. The van der Waals surface area contributed by atoms with E-state index in [0.29, 0.717) is 15.8 Å². The monoisotopic (exact) mass is 444 g/mol. The van der Waals surface area contributed by atoms with Crippen LogP contribution in [0.3, 0.4) is 0 Å². The van der Waals surface area contributed by atoms with E-state index in [0.717, 1.165) is 12.1 Å². The van der Waals surface area contributed by atoms with Crippen LogP contribution < -0.4 is 14.4 Å². The zero-order valence-electron chi connectivity index (χ0n) is 16.2. The molecule has 0 N–H and O–H groups in total. The number of nitro groups is 1. The fourth-order valence-electron chi connectivity index (χ4n) is 4.44. The molecule has 2 aliphatic heterocycles. The third kappa shape index (κ3) is 2.19. The quantitative estimate of drug-likeness (QED) is 0.475. The van der Waals surface area contributed by atoms with E-state index in [-0.39, 0.29) is 16.9 Å². The number of nitro benzene ring substituents is 1. The Morgan fingerprint density at radius 3 is 2.71 bits per heavy atom. The summed E-state index contributed by atoms with van der Waals surface area (Å²) in [7, 11) is 3.46. The van der Waals surface area contributed by atoms with Crippen molar-refractivity contribution in [2.45, 2.75) is 31.4 Å². The summed E-state index contributed by atoms with van der Waals surface area (Å²) < 4.78 is 12.5. The molecule has 0 saturated heterocycles. The van der Waals surface area contributed by atoms with Gasteiger partial charge in [0.2, 0.25) is 11.5 Å². The van der Waals surface area contributed by atoms with Crippen molar-refractivity contribution in [1.29, 1.82) is 0 Å². The fraction of sp³-hybridized carbons (Fsp3) is 0.333. The van der Waals surface area contributed by atoms with Crippen molar-refractivity contribution < 1.29 is 14.4 Å². The Morgan fingerprint density at radius 1 is 1.36 bits per heavy atom. The molecule has 4 rings (SSSR count). The maximum absolute atomic E-state index is 11.8. The van der Waals surface area contributed by atoms with Crippen LogP contribution in [0.15, 0.2) is 40.9 Å². The van der Waals surface area contributed by atoms with Gasteiger partial charge < -0.3 is 14.4 Å². The van der Waals surface area contributed by atoms with Crippen molar-refractivity contribution in [3.63, 3.8) is 0 Å². The van der Waals surface area contributed by atoms with Crippen LogP contribution in [0.25, 0.3) is 6.08 Å². The molecule has 6 nitrogen and oxygen atoms in total. The molecule has 2 aromatic rings. The summed E-state index contributed by atoms with van der Waals surface area (Å²) in [5.41, 5.74) is 1.49. The smallest absolute Gasteiger partial charge is 0.315 e. The molecule has 0 bridgehead atoms. The Morgan fingerprint density at radius 2 is 2.07 bits per heavy atom. The first-order valence-electron chi connectivity index (χ1n) is 9.07. The van der Waals surface area contributed by atoms with Gasteiger partial charge in [-0.25, -0.2) is 0 Å². The zero-order valence-corrected chi connectivity index (χ0v) is 17.7. The number of fused-ring (bicyclic) bond motifs is 2. The van der Waals surface area contributed by atoms with Crippen molar-refractivity contribution >= 4 is 33.4 Å². The highest BCUT2D eigenvalue weighted by molar-refractivity contribution is 9.10. The molecule has 0 amide bonds. The Labute approximate surface area is 172 Å². The number of likely N-dealkylation sites (N-methyl/N-ethyl adjacent to an activating group) is 1. The Bertz CT molecular complexity index is 1020. The molecule has 2 aliphatic rings. The van der Waals surface area contributed by atoms with Gasteiger partial charge in [0.1, 0.15) is 5.75 Å². The molecule has 2 aromatic carbocycles. The van der Waals surface area contributed by atoms with Crippen molar-refractivity contribution in [2.24, 2.45) is 0 Å². The minimum atomic E-state index is -0.864. The highest BCUT2D eigenvalue weighted by Crippen LogP contribution is 2.58. The molecule has 2 unspecified atom stereocenters. The van der Waals surface area contributed by atoms with Crippen LogP contribution in [0.1, 0.15) is 31.4 Å². The first kappa shape index (κ1) is 18.8. The normalized spacial score (nSPS) is 24.7. The molecule has 0 radical (unpaired) electrons. The Kier molecular flexibility index (Phi) is 4.19. The van der Waals surface area contributed by atoms with Gasteiger partial charge >= 0.3 is 5.69 Å². The number of hydrogen-bond donors (Lipinski definition) is 0. The largest absolute Gasteiger partial charge is 0.495 e. The van der Waals surface area contributed by atoms with Crippen molar-refractivity contribution in [3.05, 3.63) is 62.1 Å². The van der Waals surface area contributed by atoms with Crippen LogP contribution in [0.2, 0.25) is 0 Å². The van der Waals surface area contributed by atoms with Crippen LogP contribution in [-0.2, 0) is 5.41 Å². The number of para-hydroxylation sites is 1. The van der Waals surface area contributed by atoms with Gasteiger partial charge in [-0.1, -0.05) is 25.1 Å². The molecule has 0 aliphatic carbocycles. The third-order valence-electron chi connectivity index (χ3n) is 6.20. The van der Waals surface area contributed by atoms with E-state index in [2.05, 4.69) is 46.8 Å². The molecule has 2 heterocycles. The summed E-state index contributed by atoms with van der Waals surface area (Å²) in [5, 5.41) is 11.8. The van der Waals surface area contributed by atoms with Gasteiger partial charge in [-0.05, 0) is 53.1 Å². The molecule has 28 heavy (non-hydrogen) atoms. The molecule has 2 atom stereocenters. The van der Waals surface area contributed by atoms with Gasteiger partial charge in [0.05, 0.1) is 28.0 Å². The maximum Gasteiger partial charge on any atom is 0.315 e. The summed E-state index contributed by atoms with van der Waals surface area (Å²) in [6.07, 6.45) is 4.71. The van der Waals surface area contributed by atoms with Gasteiger partial charge in [-0.15, -0.1) is 0 Å². The summed E-state index contributed by atoms with van der Waals surface area (Å²) in [5.74, 6) is 0.649. The summed E-state index contributed by atoms with van der Waals surface area (Å²) in [4.78, 5) is 13.5. The lowest BCUT2D eigenvalue weighted by Crippen LogP contribution is -2.59. The molecule has 7 heteroatoms. The second-order valence-electron chi connectivity index (χ2n) is 7.31. The van der Waals surface area contributed by atoms with Gasteiger partial charge in [0.25, 0.3) is 0 Å². The minimum absolute atomic E-state index is 0.110. The summed E-state index contributed by atoms with van der Waals surface area (Å²) >= 11 is 3.50. The molecule has 0 aromatic heterocycles. The van der Waals surface area contributed by atoms with Gasteiger partial charge in [0, 0.05) is 18.3 Å². The number of halogens is 1. The first-order chi connectivity index (χ1) is 13.3. The number of anilines is 1. The average molecular weight is 445 g/mol. The SMILES string of the molecule is CCC1(C)c2ccccc2N(C)C12C=Cc1c(Br)c(OC)cc([N+](=O)[O-])c1O2. The standard InChI is InChI=1S/C21H21BrN2O4/c1-5-20(2)14-8-6-7-9-15(14)23(3)21(20)11-10-13-18(22)17(27-4)12-16(24(25)26)19(13)28-21/h6-12H,5H2,1-4H3. The zero-order chi connectivity index (χ0) is 20.3. The van der Waals surface area contributed by atoms with Crippen molar-refractivity contribution in [3.8, 4) is 11.5 Å². The van der Waals surface area contributed by atoms with Gasteiger partial charge in [0.15, 0.2) is 0 Å². The van der Waals surface area contributed by atoms with Crippen molar-refractivity contribution in [1.82, 2.24) is 0 Å². The number of benzene rings is 2. The lowest BCUT2D eigenvalue weighted by molar-refractivity contribution is -0.386. The average Bonchev–Trinajstić information content (AvgIpc) is 2.88. The van der Waals surface area contributed by atoms with E-state index < -0.39 is 10.6 Å². The second-order valence-corrected chi connectivity index (χ2v) is 8.10. The van der Waals surface area contributed by atoms with E-state index in [1.807, 2.05) is 31.3 Å². The Balaban J connectivity index is 1.97. The van der Waals surface area contributed by atoms with Gasteiger partial charge in [-0.2, -0.15) is 0 Å². The van der Waals surface area contributed by atoms with Crippen LogP contribution in [-0.4, -0.2) is 24.8 Å². The number of hydrogen-bond acceptors (Lipinski definition) is 5. The van der Waals surface area contributed by atoms with E-state index in [9.17, 15) is 10.1 Å². The molecule has 0 saturated carbocycles. The maximum atomic E-state index is 11.8.